The molecule has 3 nitrogen and oxygen atoms in total. The van der Waals surface area contributed by atoms with Crippen LogP contribution in [0.2, 0.25) is 0 Å². The first-order valence-electron chi connectivity index (χ1n) is 7.58. The zero-order valence-corrected chi connectivity index (χ0v) is 14.6. The van der Waals surface area contributed by atoms with Crippen molar-refractivity contribution in [1.82, 2.24) is 5.32 Å². The first-order chi connectivity index (χ1) is 10.0. The fourth-order valence-corrected chi connectivity index (χ4v) is 4.22. The maximum absolute atomic E-state index is 6.38. The number of hydrogen-bond acceptors (Lipinski definition) is 3. The maximum Gasteiger partial charge on any atom is 0.135 e. The van der Waals surface area contributed by atoms with E-state index in [-0.39, 0.29) is 11.0 Å². The van der Waals surface area contributed by atoms with Crippen molar-refractivity contribution in [2.45, 2.75) is 37.6 Å². The lowest BCUT2D eigenvalue weighted by atomic mass is 9.72. The van der Waals surface area contributed by atoms with Gasteiger partial charge in [0.15, 0.2) is 0 Å². The van der Waals surface area contributed by atoms with Crippen molar-refractivity contribution in [2.24, 2.45) is 0 Å². The monoisotopic (exact) mass is 397 g/mol. The third-order valence-corrected chi connectivity index (χ3v) is 5.65. The van der Waals surface area contributed by atoms with Crippen LogP contribution >= 0.6 is 22.6 Å². The molecule has 4 heteroatoms. The maximum atomic E-state index is 6.38. The molecule has 2 aliphatic heterocycles. The van der Waals surface area contributed by atoms with Gasteiger partial charge in [0, 0.05) is 39.7 Å². The highest BCUT2D eigenvalue weighted by molar-refractivity contribution is 14.1. The zero-order valence-electron chi connectivity index (χ0n) is 12.5. The molecule has 1 fully saturated rings. The van der Waals surface area contributed by atoms with E-state index in [1.807, 2.05) is 0 Å². The molecule has 1 aromatic carbocycles. The fraction of sp³-hybridized carbons (Fsp3) is 0.529. The van der Waals surface area contributed by atoms with Gasteiger partial charge in [-0.05, 0) is 53.6 Å². The highest BCUT2D eigenvalue weighted by Gasteiger charge is 2.47. The molecule has 0 bridgehead atoms. The Kier molecular flexibility index (Phi) is 3.14. The molecule has 1 saturated heterocycles. The minimum absolute atomic E-state index is 0.0342. The predicted molar refractivity (Wildman–Crippen MR) is 91.7 cm³/mol. The average molecular weight is 397 g/mol. The van der Waals surface area contributed by atoms with Crippen molar-refractivity contribution in [3.8, 4) is 0 Å². The van der Waals surface area contributed by atoms with Gasteiger partial charge in [-0.15, -0.1) is 0 Å². The Morgan fingerprint density at radius 3 is 2.71 bits per heavy atom. The topological polar surface area (TPSA) is 34.4 Å². The van der Waals surface area contributed by atoms with Crippen LogP contribution < -0.4 is 5.32 Å². The molecule has 0 unspecified atom stereocenters. The van der Waals surface area contributed by atoms with Gasteiger partial charge in [-0.25, -0.2) is 0 Å². The summed E-state index contributed by atoms with van der Waals surface area (Å²) in [6, 6.07) is 6.55. The van der Waals surface area contributed by atoms with Crippen LogP contribution in [-0.2, 0) is 15.7 Å². The summed E-state index contributed by atoms with van der Waals surface area (Å²) in [5, 5.41) is 5.06. The Balaban J connectivity index is 1.99. The lowest BCUT2D eigenvalue weighted by molar-refractivity contribution is 0.0201. The van der Waals surface area contributed by atoms with Gasteiger partial charge in [0.2, 0.25) is 0 Å². The largest absolute Gasteiger partial charge is 0.459 e. The third-order valence-electron chi connectivity index (χ3n) is 4.98. The number of furan rings is 1. The second-order valence-corrected chi connectivity index (χ2v) is 8.12. The highest BCUT2D eigenvalue weighted by Crippen LogP contribution is 2.47. The van der Waals surface area contributed by atoms with Crippen molar-refractivity contribution >= 4 is 33.6 Å². The molecule has 0 radical (unpaired) electrons. The summed E-state index contributed by atoms with van der Waals surface area (Å²) < 4.78 is 13.2. The number of hydrogen-bond donors (Lipinski definition) is 1. The van der Waals surface area contributed by atoms with Gasteiger partial charge in [0.05, 0.1) is 5.54 Å². The minimum Gasteiger partial charge on any atom is -0.459 e. The van der Waals surface area contributed by atoms with E-state index in [2.05, 4.69) is 60.0 Å². The van der Waals surface area contributed by atoms with Crippen molar-refractivity contribution in [2.75, 3.05) is 19.8 Å². The van der Waals surface area contributed by atoms with Crippen molar-refractivity contribution in [1.29, 1.82) is 0 Å². The van der Waals surface area contributed by atoms with Crippen molar-refractivity contribution in [3.05, 3.63) is 33.1 Å². The van der Waals surface area contributed by atoms with E-state index in [1.54, 1.807) is 0 Å². The molecule has 1 aromatic heterocycles. The van der Waals surface area contributed by atoms with E-state index in [1.165, 1.54) is 14.5 Å². The molecular weight excluding hydrogens is 377 g/mol. The molecule has 112 valence electrons. The molecule has 1 N–H and O–H groups in total. The molecule has 0 amide bonds. The number of ether oxygens (including phenoxy) is 1. The summed E-state index contributed by atoms with van der Waals surface area (Å²) in [6.45, 7) is 7.21. The Morgan fingerprint density at radius 2 is 1.95 bits per heavy atom. The van der Waals surface area contributed by atoms with Gasteiger partial charge in [-0.3, -0.25) is 0 Å². The van der Waals surface area contributed by atoms with Crippen LogP contribution in [0.5, 0.6) is 0 Å². The Morgan fingerprint density at radius 1 is 1.19 bits per heavy atom. The van der Waals surface area contributed by atoms with Gasteiger partial charge in [-0.1, -0.05) is 13.8 Å². The summed E-state index contributed by atoms with van der Waals surface area (Å²) in [4.78, 5) is 0. The molecule has 21 heavy (non-hydrogen) atoms. The van der Waals surface area contributed by atoms with Crippen LogP contribution in [0, 0.1) is 3.57 Å². The van der Waals surface area contributed by atoms with E-state index in [0.29, 0.717) is 0 Å². The van der Waals surface area contributed by atoms with Crippen molar-refractivity contribution in [3.63, 3.8) is 0 Å². The lowest BCUT2D eigenvalue weighted by Crippen LogP contribution is -2.55. The van der Waals surface area contributed by atoms with Gasteiger partial charge in [-0.2, -0.15) is 0 Å². The SMILES string of the molecule is CC1(C)CNC2(CCOCC2)c2oc3cc(I)ccc3c21. The lowest BCUT2D eigenvalue weighted by Gasteiger charge is -2.45. The third kappa shape index (κ3) is 2.06. The number of fused-ring (bicyclic) bond motifs is 4. The smallest absolute Gasteiger partial charge is 0.135 e. The van der Waals surface area contributed by atoms with E-state index >= 15 is 0 Å². The van der Waals surface area contributed by atoms with Gasteiger partial charge >= 0.3 is 0 Å². The quantitative estimate of drug-likeness (QED) is 0.685. The average Bonchev–Trinajstić information content (AvgIpc) is 2.85. The van der Waals surface area contributed by atoms with E-state index in [4.69, 9.17) is 9.15 Å². The molecule has 0 saturated carbocycles. The highest BCUT2D eigenvalue weighted by atomic mass is 127. The van der Waals surface area contributed by atoms with Gasteiger partial charge in [0.25, 0.3) is 0 Å². The van der Waals surface area contributed by atoms with Crippen LogP contribution in [0.1, 0.15) is 38.0 Å². The van der Waals surface area contributed by atoms with Crippen molar-refractivity contribution < 1.29 is 9.15 Å². The van der Waals surface area contributed by atoms with Crippen LogP contribution in [0.3, 0.4) is 0 Å². The minimum atomic E-state index is -0.0342. The van der Waals surface area contributed by atoms with E-state index in [0.717, 1.165) is 43.9 Å². The zero-order chi connectivity index (χ0) is 14.7. The molecular formula is C17H20INO2. The molecule has 3 heterocycles. The Labute approximate surface area is 138 Å². The van der Waals surface area contributed by atoms with Crippen LogP contribution in [-0.4, -0.2) is 19.8 Å². The molecule has 1 spiro atoms. The first kappa shape index (κ1) is 14.0. The van der Waals surface area contributed by atoms with Gasteiger partial charge in [0.1, 0.15) is 11.3 Å². The summed E-state index contributed by atoms with van der Waals surface area (Å²) in [7, 11) is 0. The molecule has 0 atom stereocenters. The Hall–Kier alpha value is -0.590. The second kappa shape index (κ2) is 4.70. The van der Waals surface area contributed by atoms with Crippen LogP contribution in [0.15, 0.2) is 22.6 Å². The normalized spacial score (nSPS) is 23.4. The molecule has 4 rings (SSSR count). The first-order valence-corrected chi connectivity index (χ1v) is 8.66. The second-order valence-electron chi connectivity index (χ2n) is 6.88. The number of rotatable bonds is 0. The standard InChI is InChI=1S/C17H20INO2/c1-16(2)10-19-17(5-7-20-8-6-17)15-14(16)12-4-3-11(18)9-13(12)21-15/h3-4,9,19H,5-8,10H2,1-2H3. The number of nitrogens with one attached hydrogen (secondary N) is 1. The van der Waals surface area contributed by atoms with Crippen LogP contribution in [0.4, 0.5) is 0 Å². The van der Waals surface area contributed by atoms with E-state index in [9.17, 15) is 0 Å². The fourth-order valence-electron chi connectivity index (χ4n) is 3.76. The summed E-state index contributed by atoms with van der Waals surface area (Å²) in [5.74, 6) is 1.15. The number of benzene rings is 1. The molecule has 2 aromatic rings. The molecule has 2 aliphatic rings. The van der Waals surface area contributed by atoms with Gasteiger partial charge < -0.3 is 14.5 Å². The number of halogens is 1. The Bertz CT molecular complexity index is 698. The summed E-state index contributed by atoms with van der Waals surface area (Å²) in [5.41, 5.74) is 2.48. The molecule has 0 aliphatic carbocycles. The van der Waals surface area contributed by atoms with Crippen LogP contribution in [0.25, 0.3) is 11.0 Å². The van der Waals surface area contributed by atoms with E-state index < -0.39 is 0 Å². The predicted octanol–water partition coefficient (Wildman–Crippen LogP) is 3.92. The summed E-state index contributed by atoms with van der Waals surface area (Å²) in [6.07, 6.45) is 1.99. The summed E-state index contributed by atoms with van der Waals surface area (Å²) >= 11 is 2.35.